The summed E-state index contributed by atoms with van der Waals surface area (Å²) in [6.07, 6.45) is 4.88. The number of nitrogens with zero attached hydrogens (tertiary/aromatic N) is 4. The molecule has 0 radical (unpaired) electrons. The van der Waals surface area contributed by atoms with Crippen molar-refractivity contribution < 1.29 is 0 Å². The Bertz CT molecular complexity index is 710. The number of aryl methyl sites for hydroxylation is 2. The Labute approximate surface area is 118 Å². The highest BCUT2D eigenvalue weighted by Gasteiger charge is 2.07. The van der Waals surface area contributed by atoms with E-state index in [2.05, 4.69) is 39.0 Å². The van der Waals surface area contributed by atoms with Crippen LogP contribution in [-0.2, 0) is 20.0 Å². The van der Waals surface area contributed by atoms with Crippen LogP contribution in [0, 0.1) is 6.92 Å². The lowest BCUT2D eigenvalue weighted by molar-refractivity contribution is 0.633. The number of hydrogen-bond acceptors (Lipinski definition) is 3. The highest BCUT2D eigenvalue weighted by Crippen LogP contribution is 2.11. The fraction of sp³-hybridized carbons (Fsp3) is 0.333. The fourth-order valence-corrected chi connectivity index (χ4v) is 2.45. The molecule has 0 spiro atoms. The van der Waals surface area contributed by atoms with Crippen molar-refractivity contribution >= 4 is 5.65 Å². The summed E-state index contributed by atoms with van der Waals surface area (Å²) in [5.41, 5.74) is 4.57. The van der Waals surface area contributed by atoms with E-state index in [-0.39, 0.29) is 0 Å². The number of nitrogens with one attached hydrogen (secondary N) is 1. The van der Waals surface area contributed by atoms with Crippen LogP contribution < -0.4 is 5.32 Å². The lowest BCUT2D eigenvalue weighted by Gasteiger charge is -2.06. The smallest absolute Gasteiger partial charge is 0.137 e. The van der Waals surface area contributed by atoms with Crippen molar-refractivity contribution in [3.63, 3.8) is 0 Å². The predicted molar refractivity (Wildman–Crippen MR) is 78.5 cm³/mol. The molecule has 0 aliphatic carbocycles. The van der Waals surface area contributed by atoms with Gasteiger partial charge in [0.15, 0.2) is 0 Å². The fourth-order valence-electron chi connectivity index (χ4n) is 2.45. The summed E-state index contributed by atoms with van der Waals surface area (Å²) in [7, 11) is 1.98. The van der Waals surface area contributed by atoms with E-state index in [9.17, 15) is 0 Å². The summed E-state index contributed by atoms with van der Waals surface area (Å²) in [4.78, 5) is 4.56. The molecule has 0 aromatic carbocycles. The molecular formula is C15H19N5. The molecule has 104 valence electrons. The zero-order valence-electron chi connectivity index (χ0n) is 11.9. The number of aromatic nitrogens is 4. The Kier molecular flexibility index (Phi) is 3.52. The predicted octanol–water partition coefficient (Wildman–Crippen LogP) is 1.71. The van der Waals surface area contributed by atoms with E-state index < -0.39 is 0 Å². The van der Waals surface area contributed by atoms with Crippen LogP contribution in [0.4, 0.5) is 0 Å². The van der Waals surface area contributed by atoms with E-state index in [1.807, 2.05) is 36.1 Å². The second kappa shape index (κ2) is 5.46. The van der Waals surface area contributed by atoms with Crippen LogP contribution in [0.5, 0.6) is 0 Å². The molecule has 0 aliphatic rings. The van der Waals surface area contributed by atoms with Crippen molar-refractivity contribution in [2.24, 2.45) is 7.05 Å². The molecule has 0 unspecified atom stereocenters. The second-order valence-electron chi connectivity index (χ2n) is 4.95. The minimum absolute atomic E-state index is 0.828. The van der Waals surface area contributed by atoms with Crippen molar-refractivity contribution in [2.45, 2.75) is 19.9 Å². The zero-order chi connectivity index (χ0) is 13.9. The van der Waals surface area contributed by atoms with Crippen LogP contribution in [0.2, 0.25) is 0 Å². The van der Waals surface area contributed by atoms with Gasteiger partial charge in [0.25, 0.3) is 0 Å². The number of hydrogen-bond donors (Lipinski definition) is 1. The number of fused-ring (bicyclic) bond motifs is 1. The Morgan fingerprint density at radius 3 is 2.95 bits per heavy atom. The quantitative estimate of drug-likeness (QED) is 0.717. The third kappa shape index (κ3) is 2.44. The van der Waals surface area contributed by atoms with E-state index >= 15 is 0 Å². The SMILES string of the molecule is Cc1nc2ccccn2c1CNCCc1ccnn1C. The van der Waals surface area contributed by atoms with E-state index in [0.29, 0.717) is 0 Å². The van der Waals surface area contributed by atoms with E-state index in [4.69, 9.17) is 0 Å². The highest BCUT2D eigenvalue weighted by molar-refractivity contribution is 5.42. The monoisotopic (exact) mass is 269 g/mol. The van der Waals surface area contributed by atoms with Gasteiger partial charge in [-0.1, -0.05) is 6.07 Å². The first kappa shape index (κ1) is 12.9. The molecule has 3 heterocycles. The topological polar surface area (TPSA) is 47.1 Å². The van der Waals surface area contributed by atoms with Crippen LogP contribution in [0.15, 0.2) is 36.7 Å². The van der Waals surface area contributed by atoms with E-state index in [0.717, 1.165) is 30.9 Å². The molecule has 0 amide bonds. The lowest BCUT2D eigenvalue weighted by Crippen LogP contribution is -2.19. The van der Waals surface area contributed by atoms with Gasteiger partial charge in [-0.25, -0.2) is 4.98 Å². The first-order valence-electron chi connectivity index (χ1n) is 6.86. The summed E-state index contributed by atoms with van der Waals surface area (Å²) in [5.74, 6) is 0. The van der Waals surface area contributed by atoms with Crippen molar-refractivity contribution in [1.82, 2.24) is 24.5 Å². The van der Waals surface area contributed by atoms with E-state index in [1.54, 1.807) is 0 Å². The summed E-state index contributed by atoms with van der Waals surface area (Å²) >= 11 is 0. The molecule has 0 aliphatic heterocycles. The molecule has 0 saturated carbocycles. The first-order chi connectivity index (χ1) is 9.75. The largest absolute Gasteiger partial charge is 0.311 e. The minimum atomic E-state index is 0.828. The summed E-state index contributed by atoms with van der Waals surface area (Å²) < 4.78 is 4.06. The summed E-state index contributed by atoms with van der Waals surface area (Å²) in [6.45, 7) is 3.82. The standard InChI is InChI=1S/C15H19N5/c1-12-14(20-10-4-3-5-15(20)18-12)11-16-8-6-13-7-9-17-19(13)2/h3-5,7,9-10,16H,6,8,11H2,1-2H3. The van der Waals surface area contributed by atoms with Crippen molar-refractivity contribution in [3.8, 4) is 0 Å². The van der Waals surface area contributed by atoms with Crippen molar-refractivity contribution in [2.75, 3.05) is 6.54 Å². The van der Waals surface area contributed by atoms with Crippen LogP contribution in [-0.4, -0.2) is 25.7 Å². The van der Waals surface area contributed by atoms with Gasteiger partial charge in [0.2, 0.25) is 0 Å². The van der Waals surface area contributed by atoms with Crippen molar-refractivity contribution in [1.29, 1.82) is 0 Å². The molecule has 3 aromatic rings. The van der Waals surface area contributed by atoms with Crippen LogP contribution in [0.25, 0.3) is 5.65 Å². The molecule has 0 bridgehead atoms. The zero-order valence-corrected chi connectivity index (χ0v) is 11.9. The van der Waals surface area contributed by atoms with Gasteiger partial charge in [-0.05, 0) is 25.1 Å². The average molecular weight is 269 g/mol. The maximum atomic E-state index is 4.56. The third-order valence-electron chi connectivity index (χ3n) is 3.60. The van der Waals surface area contributed by atoms with Gasteiger partial charge in [0.05, 0.1) is 11.4 Å². The van der Waals surface area contributed by atoms with E-state index in [1.165, 1.54) is 11.4 Å². The van der Waals surface area contributed by atoms with Crippen LogP contribution in [0.3, 0.4) is 0 Å². The lowest BCUT2D eigenvalue weighted by atomic mass is 10.3. The Morgan fingerprint density at radius 1 is 1.25 bits per heavy atom. The minimum Gasteiger partial charge on any atom is -0.311 e. The molecule has 0 fully saturated rings. The maximum Gasteiger partial charge on any atom is 0.137 e. The van der Waals surface area contributed by atoms with Gasteiger partial charge in [0.1, 0.15) is 5.65 Å². The van der Waals surface area contributed by atoms with Crippen molar-refractivity contribution in [3.05, 3.63) is 53.7 Å². The molecule has 1 N–H and O–H groups in total. The molecule has 5 nitrogen and oxygen atoms in total. The first-order valence-corrected chi connectivity index (χ1v) is 6.86. The van der Waals surface area contributed by atoms with Gasteiger partial charge >= 0.3 is 0 Å². The molecule has 0 saturated heterocycles. The summed E-state index contributed by atoms with van der Waals surface area (Å²) in [6, 6.07) is 8.14. The highest BCUT2D eigenvalue weighted by atomic mass is 15.3. The molecule has 3 aromatic heterocycles. The van der Waals surface area contributed by atoms with Gasteiger partial charge in [0, 0.05) is 44.6 Å². The second-order valence-corrected chi connectivity index (χ2v) is 4.95. The molecule has 20 heavy (non-hydrogen) atoms. The van der Waals surface area contributed by atoms with Crippen LogP contribution >= 0.6 is 0 Å². The van der Waals surface area contributed by atoms with Crippen LogP contribution in [0.1, 0.15) is 17.1 Å². The third-order valence-corrected chi connectivity index (χ3v) is 3.60. The molecular weight excluding hydrogens is 250 g/mol. The number of imidazole rings is 1. The van der Waals surface area contributed by atoms with Gasteiger partial charge in [-0.3, -0.25) is 4.68 Å². The average Bonchev–Trinajstić information content (AvgIpc) is 2.98. The molecule has 0 atom stereocenters. The Morgan fingerprint density at radius 2 is 2.15 bits per heavy atom. The Balaban J connectivity index is 1.63. The summed E-state index contributed by atoms with van der Waals surface area (Å²) in [5, 5.41) is 7.66. The molecule has 3 rings (SSSR count). The number of rotatable bonds is 5. The van der Waals surface area contributed by atoms with Gasteiger partial charge in [-0.15, -0.1) is 0 Å². The van der Waals surface area contributed by atoms with Gasteiger partial charge in [-0.2, -0.15) is 5.10 Å². The normalized spacial score (nSPS) is 11.3. The van der Waals surface area contributed by atoms with Gasteiger partial charge < -0.3 is 9.72 Å². The maximum absolute atomic E-state index is 4.56. The molecule has 5 heteroatoms. The number of pyridine rings is 1. The Hall–Kier alpha value is -2.14.